The predicted molar refractivity (Wildman–Crippen MR) is 121 cm³/mol. The van der Waals surface area contributed by atoms with Crippen LogP contribution in [0.5, 0.6) is 11.5 Å². The van der Waals surface area contributed by atoms with Crippen molar-refractivity contribution in [2.75, 3.05) is 12.5 Å². The largest absolute Gasteiger partial charge is 0.504 e. The fraction of sp³-hybridized carbons (Fsp3) is 0.0400. The van der Waals surface area contributed by atoms with Gasteiger partial charge >= 0.3 is 0 Å². The highest BCUT2D eigenvalue weighted by Crippen LogP contribution is 2.32. The maximum atomic E-state index is 9.90. The molecule has 0 aliphatic carbocycles. The molecule has 2 N–H and O–H groups in total. The Hall–Kier alpha value is -4.32. The van der Waals surface area contributed by atoms with Crippen LogP contribution in [0, 0.1) is 0 Å². The molecule has 152 valence electrons. The smallest absolute Gasteiger partial charge is 0.161 e. The highest BCUT2D eigenvalue weighted by atomic mass is 16.5. The molecule has 0 atom stereocenters. The molecule has 5 aromatic rings. The van der Waals surface area contributed by atoms with E-state index >= 15 is 0 Å². The summed E-state index contributed by atoms with van der Waals surface area (Å²) in [7, 11) is 1.51. The van der Waals surface area contributed by atoms with Crippen molar-refractivity contribution in [3.63, 3.8) is 0 Å². The number of nitrogens with one attached hydrogen (secondary N) is 1. The molecule has 0 bridgehead atoms. The van der Waals surface area contributed by atoms with E-state index in [2.05, 4.69) is 15.5 Å². The van der Waals surface area contributed by atoms with Crippen molar-refractivity contribution in [2.24, 2.45) is 5.10 Å². The first kappa shape index (κ1) is 18.7. The van der Waals surface area contributed by atoms with Crippen molar-refractivity contribution in [3.8, 4) is 22.8 Å². The monoisotopic (exact) mass is 409 g/mol. The van der Waals surface area contributed by atoms with Crippen molar-refractivity contribution in [3.05, 3.63) is 90.3 Å². The molecule has 2 heterocycles. The zero-order valence-corrected chi connectivity index (χ0v) is 16.7. The molecule has 0 aliphatic heterocycles. The van der Waals surface area contributed by atoms with Gasteiger partial charge in [-0.3, -0.25) is 5.43 Å². The number of hydrogen-bond acceptors (Lipinski definition) is 6. The molecule has 31 heavy (non-hydrogen) atoms. The van der Waals surface area contributed by atoms with Gasteiger partial charge in [-0.1, -0.05) is 30.3 Å². The Morgan fingerprint density at radius 3 is 2.68 bits per heavy atom. The molecule has 5 rings (SSSR count). The third-order valence-corrected chi connectivity index (χ3v) is 5.00. The van der Waals surface area contributed by atoms with E-state index in [1.165, 1.54) is 7.11 Å². The molecule has 6 heteroatoms. The fourth-order valence-corrected chi connectivity index (χ4v) is 3.43. The van der Waals surface area contributed by atoms with Crippen LogP contribution >= 0.6 is 0 Å². The number of nitrogens with zero attached hydrogens (tertiary/aromatic N) is 2. The number of methoxy groups -OCH3 is 1. The van der Waals surface area contributed by atoms with Gasteiger partial charge in [-0.05, 0) is 48.5 Å². The minimum Gasteiger partial charge on any atom is -0.504 e. The van der Waals surface area contributed by atoms with Crippen molar-refractivity contribution in [1.82, 2.24) is 4.98 Å². The second-order valence-electron chi connectivity index (χ2n) is 6.99. The number of aromatic nitrogens is 1. The van der Waals surface area contributed by atoms with Gasteiger partial charge in [0.2, 0.25) is 0 Å². The summed E-state index contributed by atoms with van der Waals surface area (Å²) in [6, 6.07) is 26.5. The van der Waals surface area contributed by atoms with Crippen LogP contribution in [0.15, 0.2) is 94.4 Å². The average molecular weight is 409 g/mol. The predicted octanol–water partition coefficient (Wildman–Crippen LogP) is 5.29. The number of para-hydroxylation sites is 2. The second-order valence-corrected chi connectivity index (χ2v) is 6.99. The number of pyridine rings is 1. The van der Waals surface area contributed by atoms with Crippen molar-refractivity contribution < 1.29 is 14.3 Å². The molecule has 0 radical (unpaired) electrons. The maximum absolute atomic E-state index is 9.90. The summed E-state index contributed by atoms with van der Waals surface area (Å²) >= 11 is 0. The van der Waals surface area contributed by atoms with Gasteiger partial charge in [-0.15, -0.1) is 0 Å². The molecule has 0 saturated carbocycles. The van der Waals surface area contributed by atoms with E-state index in [1.54, 1.807) is 18.2 Å². The summed E-state index contributed by atoms with van der Waals surface area (Å²) in [6.07, 6.45) is 0. The Balaban J connectivity index is 1.61. The lowest BCUT2D eigenvalue weighted by molar-refractivity contribution is 0.373. The lowest BCUT2D eigenvalue weighted by Gasteiger charge is -2.08. The molecular weight excluding hydrogens is 390 g/mol. The van der Waals surface area contributed by atoms with Crippen molar-refractivity contribution in [1.29, 1.82) is 0 Å². The molecule has 0 aliphatic rings. The molecule has 0 spiro atoms. The minimum atomic E-state index is 0.0704. The number of benzene rings is 3. The van der Waals surface area contributed by atoms with Gasteiger partial charge < -0.3 is 14.3 Å². The first-order chi connectivity index (χ1) is 15.2. The molecule has 2 aromatic heterocycles. The average Bonchev–Trinajstić information content (AvgIpc) is 2.82. The normalized spacial score (nSPS) is 11.7. The molecule has 6 nitrogen and oxygen atoms in total. The van der Waals surface area contributed by atoms with E-state index in [0.717, 1.165) is 21.9 Å². The number of hydrogen-bond donors (Lipinski definition) is 2. The summed E-state index contributed by atoms with van der Waals surface area (Å²) in [5.74, 6) is 1.69. The SMILES string of the molecule is COc1cc(-c2c/c(=N\Nc3ccc4ccccc4n3)c3ccccc3o2)ccc1O. The number of fused-ring (bicyclic) bond motifs is 2. The Bertz CT molecular complexity index is 1470. The number of rotatable bonds is 4. The van der Waals surface area contributed by atoms with Gasteiger partial charge in [-0.2, -0.15) is 5.10 Å². The van der Waals surface area contributed by atoms with Crippen LogP contribution in [0.2, 0.25) is 0 Å². The van der Waals surface area contributed by atoms with Gasteiger partial charge in [0.15, 0.2) is 11.5 Å². The number of aromatic hydroxyl groups is 1. The lowest BCUT2D eigenvalue weighted by Crippen LogP contribution is -2.08. The fourth-order valence-electron chi connectivity index (χ4n) is 3.43. The third-order valence-electron chi connectivity index (χ3n) is 5.00. The Kier molecular flexibility index (Phi) is 4.72. The lowest BCUT2D eigenvalue weighted by atomic mass is 10.1. The molecule has 0 saturated heterocycles. The molecule has 3 aromatic carbocycles. The number of ether oxygens (including phenoxy) is 1. The zero-order chi connectivity index (χ0) is 21.2. The topological polar surface area (TPSA) is 79.9 Å². The Morgan fingerprint density at radius 1 is 0.935 bits per heavy atom. The highest BCUT2D eigenvalue weighted by molar-refractivity contribution is 5.80. The van der Waals surface area contributed by atoms with Gasteiger partial charge in [0, 0.05) is 22.4 Å². The quantitative estimate of drug-likeness (QED) is 0.394. The van der Waals surface area contributed by atoms with Crippen LogP contribution in [0.4, 0.5) is 5.82 Å². The number of phenols is 1. The number of phenolic OH excluding ortho intramolecular Hbond substituents is 1. The highest BCUT2D eigenvalue weighted by Gasteiger charge is 2.09. The van der Waals surface area contributed by atoms with Crippen LogP contribution in [-0.4, -0.2) is 17.2 Å². The van der Waals surface area contributed by atoms with E-state index in [0.29, 0.717) is 28.3 Å². The number of anilines is 1. The van der Waals surface area contributed by atoms with Crippen LogP contribution in [-0.2, 0) is 0 Å². The van der Waals surface area contributed by atoms with Crippen LogP contribution in [0.3, 0.4) is 0 Å². The molecule has 0 unspecified atom stereocenters. The second kappa shape index (κ2) is 7.84. The maximum Gasteiger partial charge on any atom is 0.161 e. The molecular formula is C25H19N3O3. The summed E-state index contributed by atoms with van der Waals surface area (Å²) in [4.78, 5) is 4.61. The van der Waals surface area contributed by atoms with Crippen molar-refractivity contribution in [2.45, 2.75) is 0 Å². The minimum absolute atomic E-state index is 0.0704. The third kappa shape index (κ3) is 3.67. The zero-order valence-electron chi connectivity index (χ0n) is 16.7. The first-order valence-electron chi connectivity index (χ1n) is 9.77. The van der Waals surface area contributed by atoms with E-state index < -0.39 is 0 Å². The van der Waals surface area contributed by atoms with Gasteiger partial charge in [0.1, 0.15) is 17.2 Å². The molecule has 0 amide bonds. The summed E-state index contributed by atoms with van der Waals surface area (Å²) in [5, 5.41) is 17.2. The van der Waals surface area contributed by atoms with Gasteiger partial charge in [0.05, 0.1) is 18.0 Å². The summed E-state index contributed by atoms with van der Waals surface area (Å²) in [6.45, 7) is 0. The van der Waals surface area contributed by atoms with Crippen molar-refractivity contribution >= 4 is 27.7 Å². The van der Waals surface area contributed by atoms with Crippen LogP contribution < -0.4 is 15.5 Å². The standard InChI is InChI=1S/C25H19N3O3/c1-30-24-14-17(10-12-21(24)29)23-15-20(18-7-3-5-9-22(18)31-23)27-28-25-13-11-16-6-2-4-8-19(16)26-25/h2-15,29H,1H3,(H,26,28)/b27-20+. The Labute approximate surface area is 178 Å². The summed E-state index contributed by atoms with van der Waals surface area (Å²) in [5.41, 5.74) is 5.42. The molecule has 0 fully saturated rings. The van der Waals surface area contributed by atoms with E-state index in [1.807, 2.05) is 66.7 Å². The van der Waals surface area contributed by atoms with Gasteiger partial charge in [0.25, 0.3) is 0 Å². The van der Waals surface area contributed by atoms with E-state index in [4.69, 9.17) is 9.15 Å². The summed E-state index contributed by atoms with van der Waals surface area (Å²) < 4.78 is 11.3. The Morgan fingerprint density at radius 2 is 1.77 bits per heavy atom. The van der Waals surface area contributed by atoms with Gasteiger partial charge in [-0.25, -0.2) is 4.98 Å². The van der Waals surface area contributed by atoms with E-state index in [9.17, 15) is 5.11 Å². The van der Waals surface area contributed by atoms with Crippen LogP contribution in [0.1, 0.15) is 0 Å². The van der Waals surface area contributed by atoms with Crippen LogP contribution in [0.25, 0.3) is 33.2 Å². The van der Waals surface area contributed by atoms with E-state index in [-0.39, 0.29) is 5.75 Å². The first-order valence-corrected chi connectivity index (χ1v) is 9.77.